The van der Waals surface area contributed by atoms with Crippen LogP contribution in [-0.2, 0) is 0 Å². The van der Waals surface area contributed by atoms with Crippen molar-refractivity contribution in [1.29, 1.82) is 0 Å². The zero-order chi connectivity index (χ0) is 5.21. The maximum absolute atomic E-state index is 12.1. The van der Waals surface area contributed by atoms with Gasteiger partial charge in [-0.15, -0.1) is 4.71 Å². The fourth-order valence-corrected chi connectivity index (χ4v) is 0. The Morgan fingerprint density at radius 1 is 1.50 bits per heavy atom. The molecule has 0 aromatic heterocycles. The fraction of sp³-hybridized carbons (Fsp3) is 1.00. The van der Waals surface area contributed by atoms with Crippen molar-refractivity contribution in [2.75, 3.05) is 20.6 Å². The summed E-state index contributed by atoms with van der Waals surface area (Å²) >= 11 is 0. The number of quaternary nitrogens is 1. The van der Waals surface area contributed by atoms with E-state index in [0.29, 0.717) is 6.54 Å². The van der Waals surface area contributed by atoms with Gasteiger partial charge in [-0.1, -0.05) is 0 Å². The summed E-state index contributed by atoms with van der Waals surface area (Å²) < 4.78 is 11.6. The van der Waals surface area contributed by atoms with Crippen LogP contribution in [0.3, 0.4) is 0 Å². The second-order valence-electron chi connectivity index (χ2n) is 1.85. The SMILES string of the molecule is CC[N+](C)(C)F. The van der Waals surface area contributed by atoms with E-state index in [1.807, 2.05) is 0 Å². The Morgan fingerprint density at radius 3 is 1.67 bits per heavy atom. The van der Waals surface area contributed by atoms with Gasteiger partial charge in [-0.05, 0) is 11.4 Å². The van der Waals surface area contributed by atoms with E-state index in [4.69, 9.17) is 0 Å². The monoisotopic (exact) mass is 92.1 g/mol. The fourth-order valence-electron chi connectivity index (χ4n) is 0. The second kappa shape index (κ2) is 1.56. The van der Waals surface area contributed by atoms with Crippen LogP contribution in [0.4, 0.5) is 4.48 Å². The highest BCUT2D eigenvalue weighted by Crippen LogP contribution is 1.92. The molecule has 0 radical (unpaired) electrons. The van der Waals surface area contributed by atoms with Gasteiger partial charge in [0.25, 0.3) is 0 Å². The molecule has 2 heteroatoms. The number of hydrogen-bond donors (Lipinski definition) is 0. The first kappa shape index (κ1) is 5.89. The molecule has 0 fully saturated rings. The molecule has 0 aromatic carbocycles. The van der Waals surface area contributed by atoms with Crippen molar-refractivity contribution in [2.24, 2.45) is 0 Å². The van der Waals surface area contributed by atoms with Crippen molar-refractivity contribution in [1.82, 2.24) is 0 Å². The van der Waals surface area contributed by atoms with Gasteiger partial charge >= 0.3 is 0 Å². The average Bonchev–Trinajstić information content (AvgIpc) is 1.35. The summed E-state index contributed by atoms with van der Waals surface area (Å²) in [7, 11) is 3.03. The zero-order valence-corrected chi connectivity index (χ0v) is 4.53. The van der Waals surface area contributed by atoms with Crippen LogP contribution >= 0.6 is 0 Å². The molecule has 6 heavy (non-hydrogen) atoms. The van der Waals surface area contributed by atoms with Gasteiger partial charge in [0.1, 0.15) is 20.6 Å². The van der Waals surface area contributed by atoms with Crippen LogP contribution in [0.2, 0.25) is 0 Å². The van der Waals surface area contributed by atoms with Crippen LogP contribution < -0.4 is 0 Å². The lowest BCUT2D eigenvalue weighted by Crippen LogP contribution is -2.28. The molecule has 1 nitrogen and oxygen atoms in total. The number of rotatable bonds is 1. The van der Waals surface area contributed by atoms with E-state index in [0.717, 1.165) is 0 Å². The molecule has 0 aliphatic heterocycles. The number of halogens is 1. The third-order valence-electron chi connectivity index (χ3n) is 0.752. The lowest BCUT2D eigenvalue weighted by molar-refractivity contribution is -1.02. The molecule has 38 valence electrons. The normalized spacial score (nSPS) is 12.0. The molecule has 0 bridgehead atoms. The maximum atomic E-state index is 12.1. The molecule has 0 rings (SSSR count). The highest BCUT2D eigenvalue weighted by molar-refractivity contribution is 3.99. The van der Waals surface area contributed by atoms with Crippen LogP contribution in [0.25, 0.3) is 0 Å². The van der Waals surface area contributed by atoms with Crippen molar-refractivity contribution in [3.8, 4) is 0 Å². The minimum Gasteiger partial charge on any atom is -0.135 e. The average molecular weight is 92.1 g/mol. The van der Waals surface area contributed by atoms with Gasteiger partial charge in [-0.2, -0.15) is 0 Å². The summed E-state index contributed by atoms with van der Waals surface area (Å²) in [5, 5.41) is 0. The van der Waals surface area contributed by atoms with Crippen LogP contribution in [-0.4, -0.2) is 25.3 Å². The highest BCUT2D eigenvalue weighted by Gasteiger charge is 2.06. The molecular weight excluding hydrogens is 81.0 g/mol. The third-order valence-corrected chi connectivity index (χ3v) is 0.752. The van der Waals surface area contributed by atoms with E-state index in [1.165, 1.54) is 14.1 Å². The van der Waals surface area contributed by atoms with E-state index in [9.17, 15) is 4.48 Å². The molecule has 0 N–H and O–H groups in total. The summed E-state index contributed by atoms with van der Waals surface area (Å²) in [6.07, 6.45) is 0. The molecule has 0 heterocycles. The van der Waals surface area contributed by atoms with Gasteiger partial charge in [0.2, 0.25) is 0 Å². The lowest BCUT2D eigenvalue weighted by atomic mass is 10.7. The van der Waals surface area contributed by atoms with Gasteiger partial charge in [-0.3, -0.25) is 0 Å². The molecule has 0 saturated carbocycles. The van der Waals surface area contributed by atoms with Crippen LogP contribution in [0.5, 0.6) is 0 Å². The Bertz CT molecular complexity index is 37.3. The Labute approximate surface area is 37.9 Å². The summed E-state index contributed by atoms with van der Waals surface area (Å²) in [5.41, 5.74) is 0. The molecule has 0 amide bonds. The van der Waals surface area contributed by atoms with Crippen molar-refractivity contribution >= 4 is 0 Å². The standard InChI is InChI=1S/C4H11FN/c1-4-6(2,3)5/h4H2,1-3H3/q+1. The molecule has 0 saturated heterocycles. The predicted molar refractivity (Wildman–Crippen MR) is 23.8 cm³/mol. The first-order valence-corrected chi connectivity index (χ1v) is 2.09. The molecule has 0 aliphatic rings. The Kier molecular flexibility index (Phi) is 1.53. The number of hydrogen-bond acceptors (Lipinski definition) is 0. The summed E-state index contributed by atoms with van der Waals surface area (Å²) in [5.74, 6) is 0. The second-order valence-corrected chi connectivity index (χ2v) is 1.85. The smallest absolute Gasteiger partial charge is 0.112 e. The zero-order valence-electron chi connectivity index (χ0n) is 4.53. The highest BCUT2D eigenvalue weighted by atomic mass is 19.2. The molecule has 0 spiro atoms. The van der Waals surface area contributed by atoms with Crippen LogP contribution in [0.15, 0.2) is 0 Å². The first-order valence-electron chi connectivity index (χ1n) is 2.09. The van der Waals surface area contributed by atoms with E-state index in [1.54, 1.807) is 6.92 Å². The minimum atomic E-state index is -0.431. The Balaban J connectivity index is 3.17. The summed E-state index contributed by atoms with van der Waals surface area (Å²) in [6.45, 7) is 2.35. The van der Waals surface area contributed by atoms with Crippen LogP contribution in [0, 0.1) is 0 Å². The molecule has 0 aliphatic carbocycles. The largest absolute Gasteiger partial charge is 0.135 e. The van der Waals surface area contributed by atoms with E-state index in [-0.39, 0.29) is 0 Å². The minimum absolute atomic E-state index is 0.431. The quantitative estimate of drug-likeness (QED) is 0.423. The first-order chi connectivity index (χ1) is 2.56. The van der Waals surface area contributed by atoms with Crippen molar-refractivity contribution in [3.63, 3.8) is 0 Å². The predicted octanol–water partition coefficient (Wildman–Crippen LogP) is 0.967. The van der Waals surface area contributed by atoms with Gasteiger partial charge in [0.05, 0.1) is 0 Å². The lowest BCUT2D eigenvalue weighted by Gasteiger charge is -2.10. The number of nitrogens with zero attached hydrogens (tertiary/aromatic N) is 1. The van der Waals surface area contributed by atoms with Gasteiger partial charge in [0, 0.05) is 0 Å². The summed E-state index contributed by atoms with van der Waals surface area (Å²) in [4.78, 5) is 0. The van der Waals surface area contributed by atoms with E-state index >= 15 is 0 Å². The maximum Gasteiger partial charge on any atom is 0.112 e. The van der Waals surface area contributed by atoms with E-state index in [2.05, 4.69) is 0 Å². The van der Waals surface area contributed by atoms with Gasteiger partial charge in [0.15, 0.2) is 0 Å². The molecule has 0 aromatic rings. The van der Waals surface area contributed by atoms with Crippen molar-refractivity contribution < 1.29 is 9.19 Å². The van der Waals surface area contributed by atoms with Crippen molar-refractivity contribution in [2.45, 2.75) is 6.92 Å². The molecular formula is C4H11FN+. The third kappa shape index (κ3) is 3.89. The topological polar surface area (TPSA) is 0 Å². The Morgan fingerprint density at radius 2 is 1.67 bits per heavy atom. The molecule has 0 atom stereocenters. The Hall–Kier alpha value is -0.110. The molecule has 0 unspecified atom stereocenters. The van der Waals surface area contributed by atoms with E-state index < -0.39 is 4.71 Å². The summed E-state index contributed by atoms with van der Waals surface area (Å²) in [6, 6.07) is 0. The van der Waals surface area contributed by atoms with Gasteiger partial charge in [-0.25, -0.2) is 0 Å². The van der Waals surface area contributed by atoms with Crippen molar-refractivity contribution in [3.05, 3.63) is 0 Å². The van der Waals surface area contributed by atoms with Gasteiger partial charge < -0.3 is 0 Å². The van der Waals surface area contributed by atoms with Crippen LogP contribution in [0.1, 0.15) is 6.92 Å².